The standard InChI is InChI=1S/C24H20I2N2O2/c1-3-14(2)16-6-9-22-21(11-16)28-24(30-22)15-4-7-19(8-5-15)27-13-17-10-18(25)12-20(26)23(17)29/h4-14,29H,3H2,1-2H3/t14-/m1/s1. The highest BCUT2D eigenvalue weighted by Gasteiger charge is 2.11. The average molecular weight is 622 g/mol. The third kappa shape index (κ3) is 4.54. The highest BCUT2D eigenvalue weighted by Crippen LogP contribution is 2.30. The van der Waals surface area contributed by atoms with Gasteiger partial charge in [0.25, 0.3) is 0 Å². The van der Waals surface area contributed by atoms with Crippen molar-refractivity contribution in [3.63, 3.8) is 0 Å². The fourth-order valence-electron chi connectivity index (χ4n) is 3.13. The molecule has 30 heavy (non-hydrogen) atoms. The summed E-state index contributed by atoms with van der Waals surface area (Å²) in [5, 5.41) is 10.2. The van der Waals surface area contributed by atoms with Crippen LogP contribution in [0.1, 0.15) is 37.3 Å². The molecule has 4 aromatic rings. The van der Waals surface area contributed by atoms with Gasteiger partial charge in [-0.15, -0.1) is 0 Å². The van der Waals surface area contributed by atoms with Crippen LogP contribution in [0.25, 0.3) is 22.6 Å². The normalized spacial score (nSPS) is 12.7. The molecule has 0 saturated carbocycles. The van der Waals surface area contributed by atoms with Crippen LogP contribution < -0.4 is 0 Å². The van der Waals surface area contributed by atoms with E-state index in [0.29, 0.717) is 17.4 Å². The van der Waals surface area contributed by atoms with Crippen LogP contribution in [0.3, 0.4) is 0 Å². The lowest BCUT2D eigenvalue weighted by molar-refractivity contribution is 0.470. The van der Waals surface area contributed by atoms with Crippen molar-refractivity contribution in [2.75, 3.05) is 0 Å². The second kappa shape index (κ2) is 9.05. The summed E-state index contributed by atoms with van der Waals surface area (Å²) in [6.07, 6.45) is 2.78. The SMILES string of the molecule is CC[C@@H](C)c1ccc2oc(-c3ccc(N=Cc4cc(I)cc(I)c4O)cc3)nc2c1. The molecule has 152 valence electrons. The Hall–Kier alpha value is -1.94. The lowest BCUT2D eigenvalue weighted by Gasteiger charge is -2.07. The van der Waals surface area contributed by atoms with Crippen LogP contribution in [-0.2, 0) is 0 Å². The Bertz CT molecular complexity index is 1230. The number of phenolic OH excluding ortho intramolecular Hbond substituents is 1. The van der Waals surface area contributed by atoms with Gasteiger partial charge in [0.2, 0.25) is 5.89 Å². The molecule has 0 bridgehead atoms. The number of aromatic nitrogens is 1. The number of rotatable bonds is 5. The third-order valence-corrected chi connectivity index (χ3v) is 6.56. The lowest BCUT2D eigenvalue weighted by atomic mass is 9.98. The largest absolute Gasteiger partial charge is 0.506 e. The molecule has 0 amide bonds. The predicted octanol–water partition coefficient (Wildman–Crippen LogP) is 7.67. The molecule has 6 heteroatoms. The number of nitrogens with zero attached hydrogens (tertiary/aromatic N) is 2. The Morgan fingerprint density at radius 3 is 2.60 bits per heavy atom. The fourth-order valence-corrected chi connectivity index (χ4v) is 5.02. The number of phenols is 1. The van der Waals surface area contributed by atoms with Gasteiger partial charge in [-0.25, -0.2) is 4.98 Å². The quantitative estimate of drug-likeness (QED) is 0.184. The maximum absolute atomic E-state index is 10.2. The van der Waals surface area contributed by atoms with E-state index < -0.39 is 0 Å². The van der Waals surface area contributed by atoms with Gasteiger partial charge in [0.1, 0.15) is 11.3 Å². The molecule has 0 fully saturated rings. The molecule has 1 N–H and O–H groups in total. The van der Waals surface area contributed by atoms with Gasteiger partial charge in [-0.3, -0.25) is 4.99 Å². The predicted molar refractivity (Wildman–Crippen MR) is 139 cm³/mol. The van der Waals surface area contributed by atoms with Gasteiger partial charge in [-0.05, 0) is 112 Å². The van der Waals surface area contributed by atoms with Crippen LogP contribution in [0, 0.1) is 7.14 Å². The fraction of sp³-hybridized carbons (Fsp3) is 0.167. The molecule has 0 saturated heterocycles. The number of oxazole rings is 1. The number of aliphatic imine (C=N–C) groups is 1. The zero-order chi connectivity index (χ0) is 21.3. The summed E-state index contributed by atoms with van der Waals surface area (Å²) in [4.78, 5) is 9.17. The highest BCUT2D eigenvalue weighted by atomic mass is 127. The van der Waals surface area contributed by atoms with Crippen molar-refractivity contribution in [2.24, 2.45) is 4.99 Å². The molecule has 0 aliphatic carbocycles. The van der Waals surface area contributed by atoms with E-state index in [4.69, 9.17) is 4.42 Å². The van der Waals surface area contributed by atoms with Gasteiger partial charge in [0.05, 0.1) is 9.26 Å². The van der Waals surface area contributed by atoms with E-state index in [2.05, 4.69) is 81.1 Å². The van der Waals surface area contributed by atoms with E-state index in [0.717, 1.165) is 35.9 Å². The van der Waals surface area contributed by atoms with Crippen molar-refractivity contribution in [3.05, 3.63) is 72.9 Å². The van der Waals surface area contributed by atoms with E-state index >= 15 is 0 Å². The van der Waals surface area contributed by atoms with Crippen molar-refractivity contribution in [1.82, 2.24) is 4.98 Å². The summed E-state index contributed by atoms with van der Waals surface area (Å²) < 4.78 is 7.81. The van der Waals surface area contributed by atoms with Gasteiger partial charge in [-0.1, -0.05) is 19.9 Å². The van der Waals surface area contributed by atoms with Crippen LogP contribution in [0.5, 0.6) is 5.75 Å². The molecular weight excluding hydrogens is 602 g/mol. The van der Waals surface area contributed by atoms with Crippen LogP contribution in [-0.4, -0.2) is 16.3 Å². The molecule has 0 unspecified atom stereocenters. The number of benzene rings is 3. The molecule has 1 atom stereocenters. The van der Waals surface area contributed by atoms with E-state index in [1.54, 1.807) is 6.21 Å². The smallest absolute Gasteiger partial charge is 0.227 e. The topological polar surface area (TPSA) is 58.6 Å². The number of aromatic hydroxyl groups is 1. The maximum Gasteiger partial charge on any atom is 0.227 e. The first-order chi connectivity index (χ1) is 14.4. The molecule has 0 spiro atoms. The van der Waals surface area contributed by atoms with Crippen LogP contribution >= 0.6 is 45.2 Å². The Balaban J connectivity index is 1.58. The number of halogens is 2. The number of fused-ring (bicyclic) bond motifs is 1. The molecule has 1 aromatic heterocycles. The highest BCUT2D eigenvalue weighted by molar-refractivity contribution is 14.1. The van der Waals surface area contributed by atoms with Crippen LogP contribution in [0.2, 0.25) is 0 Å². The second-order valence-electron chi connectivity index (χ2n) is 7.19. The monoisotopic (exact) mass is 622 g/mol. The minimum atomic E-state index is 0.250. The second-order valence-corrected chi connectivity index (χ2v) is 9.59. The molecule has 1 heterocycles. The molecule has 4 rings (SSSR count). The zero-order valence-corrected chi connectivity index (χ0v) is 20.9. The molecule has 4 nitrogen and oxygen atoms in total. The van der Waals surface area contributed by atoms with Gasteiger partial charge in [-0.2, -0.15) is 0 Å². The van der Waals surface area contributed by atoms with Crippen molar-refractivity contribution in [3.8, 4) is 17.2 Å². The Kier molecular flexibility index (Phi) is 6.43. The van der Waals surface area contributed by atoms with E-state index in [-0.39, 0.29) is 5.75 Å². The maximum atomic E-state index is 10.2. The minimum absolute atomic E-state index is 0.250. The van der Waals surface area contributed by atoms with Crippen LogP contribution in [0.15, 0.2) is 64.0 Å². The first kappa shape index (κ1) is 21.3. The van der Waals surface area contributed by atoms with Gasteiger partial charge < -0.3 is 9.52 Å². The van der Waals surface area contributed by atoms with Crippen molar-refractivity contribution in [2.45, 2.75) is 26.2 Å². The van der Waals surface area contributed by atoms with E-state index in [1.165, 1.54) is 5.56 Å². The molecule has 0 aliphatic rings. The summed E-state index contributed by atoms with van der Waals surface area (Å²) in [5.41, 5.74) is 5.36. The van der Waals surface area contributed by atoms with Crippen molar-refractivity contribution < 1.29 is 9.52 Å². The lowest BCUT2D eigenvalue weighted by Crippen LogP contribution is -1.90. The Labute approximate surface area is 202 Å². The Morgan fingerprint density at radius 1 is 1.10 bits per heavy atom. The summed E-state index contributed by atoms with van der Waals surface area (Å²) >= 11 is 4.35. The molecule has 0 aliphatic heterocycles. The zero-order valence-electron chi connectivity index (χ0n) is 16.6. The van der Waals surface area contributed by atoms with Gasteiger partial charge in [0.15, 0.2) is 5.58 Å². The van der Waals surface area contributed by atoms with Gasteiger partial charge >= 0.3 is 0 Å². The molecular formula is C24H20I2N2O2. The Morgan fingerprint density at radius 2 is 1.87 bits per heavy atom. The summed E-state index contributed by atoms with van der Waals surface area (Å²) in [5.74, 6) is 1.36. The van der Waals surface area contributed by atoms with Crippen molar-refractivity contribution in [1.29, 1.82) is 0 Å². The van der Waals surface area contributed by atoms with E-state index in [1.807, 2.05) is 42.5 Å². The minimum Gasteiger partial charge on any atom is -0.506 e. The first-order valence-corrected chi connectivity index (χ1v) is 11.8. The van der Waals surface area contributed by atoms with Crippen molar-refractivity contribution >= 4 is 68.2 Å². The molecule has 0 radical (unpaired) electrons. The first-order valence-electron chi connectivity index (χ1n) is 9.67. The third-order valence-electron chi connectivity index (χ3n) is 5.12. The van der Waals surface area contributed by atoms with Gasteiger partial charge in [0, 0.05) is 20.9 Å². The summed E-state index contributed by atoms with van der Waals surface area (Å²) in [7, 11) is 0. The summed E-state index contributed by atoms with van der Waals surface area (Å²) in [6.45, 7) is 4.41. The number of hydrogen-bond acceptors (Lipinski definition) is 4. The number of hydrogen-bond donors (Lipinski definition) is 1. The van der Waals surface area contributed by atoms with E-state index in [9.17, 15) is 5.11 Å². The summed E-state index contributed by atoms with van der Waals surface area (Å²) in [6, 6.07) is 17.8. The molecule has 3 aromatic carbocycles. The van der Waals surface area contributed by atoms with Crippen LogP contribution in [0.4, 0.5) is 5.69 Å². The average Bonchev–Trinajstić information content (AvgIpc) is 3.18.